The Morgan fingerprint density at radius 3 is 1.62 bits per heavy atom. The molecule has 16 heteroatoms. The van der Waals surface area contributed by atoms with Gasteiger partial charge < -0.3 is 24.6 Å². The van der Waals surface area contributed by atoms with Crippen molar-refractivity contribution in [2.24, 2.45) is 10.8 Å². The molecular formula is C63H64N10O6. The molecule has 1 N–H and O–H groups in total. The zero-order valence-corrected chi connectivity index (χ0v) is 46.4. The Balaban J connectivity index is 0.000000229. The number of benzene rings is 3. The minimum atomic E-state index is -0.655. The number of hydrogen-bond acceptors (Lipinski definition) is 12. The maximum absolute atomic E-state index is 12.6. The second-order valence-corrected chi connectivity index (χ2v) is 21.3. The van der Waals surface area contributed by atoms with Crippen molar-refractivity contribution in [1.82, 2.24) is 29.0 Å². The number of hydrogen-bond donors (Lipinski definition) is 1. The van der Waals surface area contributed by atoms with Gasteiger partial charge >= 0.3 is 11.9 Å². The molecule has 8 aromatic rings. The number of ether oxygens (including phenoxy) is 2. The standard InChI is InChI=1S/C32H34N6O3.C31H30N4O3/c1-21(41-31(40)32(2,3)4)38-20-28(23-10-7-9-22(13-23)16-33)27-15-25(18-35-30(27)38)24-14-26(19-34-17-24)36-29(39)11-8-12-37(5)6;1-7-28(36)34(6)25-13-9-11-22(15-25)24-16-26-27(23-12-8-10-21(14-23)17-32)19-35(29(26)33-18-24)20(2)38-30(37)31(3,4)5/h7-11,13-15,17-21H,12H2,1-6H3,(H,36,39);7-16,18-20H,1H2,2-6H3/b11-8+;. The zero-order chi connectivity index (χ0) is 57.3. The van der Waals surface area contributed by atoms with E-state index < -0.39 is 23.3 Å². The van der Waals surface area contributed by atoms with Crippen molar-refractivity contribution in [1.29, 1.82) is 10.5 Å². The van der Waals surface area contributed by atoms with E-state index in [2.05, 4.69) is 29.0 Å². The van der Waals surface area contributed by atoms with Gasteiger partial charge in [0.25, 0.3) is 0 Å². The summed E-state index contributed by atoms with van der Waals surface area (Å²) in [5.74, 6) is -1.08. The molecule has 0 bridgehead atoms. The van der Waals surface area contributed by atoms with Crippen molar-refractivity contribution >= 4 is 57.2 Å². The lowest BCUT2D eigenvalue weighted by atomic mass is 9.97. The first-order chi connectivity index (χ1) is 37.5. The van der Waals surface area contributed by atoms with Crippen LogP contribution in [0.1, 0.15) is 79.0 Å². The molecule has 0 aliphatic carbocycles. The third-order valence-corrected chi connectivity index (χ3v) is 12.7. The van der Waals surface area contributed by atoms with Crippen LogP contribution in [-0.4, -0.2) is 80.4 Å². The molecule has 0 saturated carbocycles. The molecule has 2 atom stereocenters. The first-order valence-corrected chi connectivity index (χ1v) is 25.5. The number of amides is 2. The van der Waals surface area contributed by atoms with Crippen molar-refractivity contribution in [3.8, 4) is 56.6 Å². The summed E-state index contributed by atoms with van der Waals surface area (Å²) < 4.78 is 15.2. The second-order valence-electron chi connectivity index (χ2n) is 21.3. The number of fused-ring (bicyclic) bond motifs is 2. The average molecular weight is 1060 g/mol. The summed E-state index contributed by atoms with van der Waals surface area (Å²) in [7, 11) is 5.56. The molecule has 0 aliphatic rings. The number of carbonyl (C=O) groups is 4. The number of esters is 2. The first kappa shape index (κ1) is 57.2. The van der Waals surface area contributed by atoms with Crippen LogP contribution in [0.5, 0.6) is 0 Å². The third kappa shape index (κ3) is 13.7. The highest BCUT2D eigenvalue weighted by Crippen LogP contribution is 2.38. The summed E-state index contributed by atoms with van der Waals surface area (Å²) in [6.45, 7) is 18.7. The van der Waals surface area contributed by atoms with Crippen LogP contribution in [0.15, 0.2) is 153 Å². The van der Waals surface area contributed by atoms with Crippen LogP contribution < -0.4 is 10.2 Å². The Morgan fingerprint density at radius 2 is 1.14 bits per heavy atom. The molecular weight excluding hydrogens is 993 g/mol. The molecule has 8 rings (SSSR count). The molecule has 16 nitrogen and oxygen atoms in total. The van der Waals surface area contributed by atoms with Gasteiger partial charge in [-0.1, -0.05) is 49.1 Å². The molecule has 0 fully saturated rings. The van der Waals surface area contributed by atoms with E-state index in [1.165, 1.54) is 17.1 Å². The van der Waals surface area contributed by atoms with Crippen molar-refractivity contribution in [2.45, 2.75) is 67.8 Å². The largest absolute Gasteiger partial charge is 0.441 e. The number of likely N-dealkylation sites (N-methyl/N-ethyl adjacent to an activating group) is 2. The van der Waals surface area contributed by atoms with Crippen molar-refractivity contribution in [3.63, 3.8) is 0 Å². The van der Waals surface area contributed by atoms with E-state index in [9.17, 15) is 29.7 Å². The van der Waals surface area contributed by atoms with Gasteiger partial charge in [0, 0.05) is 94.9 Å². The van der Waals surface area contributed by atoms with Crippen LogP contribution >= 0.6 is 0 Å². The minimum Gasteiger partial charge on any atom is -0.441 e. The molecule has 3 aromatic carbocycles. The molecule has 0 aliphatic heterocycles. The molecule has 79 heavy (non-hydrogen) atoms. The molecule has 0 radical (unpaired) electrons. The highest BCUT2D eigenvalue weighted by atomic mass is 16.6. The fourth-order valence-corrected chi connectivity index (χ4v) is 8.26. The maximum Gasteiger partial charge on any atom is 0.313 e. The topological polar surface area (TPSA) is 201 Å². The summed E-state index contributed by atoms with van der Waals surface area (Å²) in [6.07, 6.45) is 13.9. The Morgan fingerprint density at radius 1 is 0.658 bits per heavy atom. The molecule has 402 valence electrons. The van der Waals surface area contributed by atoms with Crippen LogP contribution in [0.2, 0.25) is 0 Å². The van der Waals surface area contributed by atoms with Crippen molar-refractivity contribution < 1.29 is 28.7 Å². The van der Waals surface area contributed by atoms with E-state index in [1.54, 1.807) is 57.0 Å². The van der Waals surface area contributed by atoms with E-state index in [4.69, 9.17) is 19.4 Å². The Bertz CT molecular complexity index is 3730. The highest BCUT2D eigenvalue weighted by molar-refractivity contribution is 6.02. The fourth-order valence-electron chi connectivity index (χ4n) is 8.26. The number of nitrogens with one attached hydrogen (secondary N) is 1. The van der Waals surface area contributed by atoms with Gasteiger partial charge in [-0.15, -0.1) is 0 Å². The van der Waals surface area contributed by atoms with Gasteiger partial charge in [0.2, 0.25) is 11.8 Å². The zero-order valence-electron chi connectivity index (χ0n) is 46.4. The van der Waals surface area contributed by atoms with Gasteiger partial charge in [0.1, 0.15) is 11.3 Å². The van der Waals surface area contributed by atoms with Crippen LogP contribution in [0, 0.1) is 33.5 Å². The van der Waals surface area contributed by atoms with Gasteiger partial charge in [-0.25, -0.2) is 9.97 Å². The molecule has 5 heterocycles. The molecule has 0 saturated heterocycles. The van der Waals surface area contributed by atoms with E-state index >= 15 is 0 Å². The van der Waals surface area contributed by atoms with Gasteiger partial charge in [-0.2, -0.15) is 10.5 Å². The maximum atomic E-state index is 12.6. The summed E-state index contributed by atoms with van der Waals surface area (Å²) in [5, 5.41) is 23.4. The van der Waals surface area contributed by atoms with Gasteiger partial charge in [-0.3, -0.25) is 33.3 Å². The van der Waals surface area contributed by atoms with E-state index in [0.29, 0.717) is 34.7 Å². The van der Waals surface area contributed by atoms with Crippen LogP contribution in [0.25, 0.3) is 66.6 Å². The van der Waals surface area contributed by atoms with Crippen LogP contribution in [0.3, 0.4) is 0 Å². The predicted octanol–water partition coefficient (Wildman–Crippen LogP) is 12.3. The smallest absolute Gasteiger partial charge is 0.313 e. The van der Waals surface area contributed by atoms with E-state index in [-0.39, 0.29) is 23.8 Å². The summed E-state index contributed by atoms with van der Waals surface area (Å²) >= 11 is 0. The minimum absolute atomic E-state index is 0.203. The number of nitriles is 2. The Labute approximate surface area is 460 Å². The van der Waals surface area contributed by atoms with Crippen molar-refractivity contribution in [2.75, 3.05) is 37.9 Å². The lowest BCUT2D eigenvalue weighted by molar-refractivity contribution is -0.162. The highest BCUT2D eigenvalue weighted by Gasteiger charge is 2.29. The number of nitrogens with zero attached hydrogens (tertiary/aromatic N) is 9. The summed E-state index contributed by atoms with van der Waals surface area (Å²) in [4.78, 5) is 67.1. The Kier molecular flexibility index (Phi) is 17.5. The number of anilines is 2. The predicted molar refractivity (Wildman–Crippen MR) is 309 cm³/mol. The summed E-state index contributed by atoms with van der Waals surface area (Å²) in [5.41, 5.74) is 9.04. The average Bonchev–Trinajstić information content (AvgIpc) is 4.15. The van der Waals surface area contributed by atoms with Gasteiger partial charge in [0.05, 0.1) is 46.0 Å². The molecule has 0 spiro atoms. The van der Waals surface area contributed by atoms with E-state index in [0.717, 1.165) is 61.0 Å². The molecule has 2 unspecified atom stereocenters. The quantitative estimate of drug-likeness (QED) is 0.0799. The number of pyridine rings is 3. The van der Waals surface area contributed by atoms with Gasteiger partial charge in [0.15, 0.2) is 12.5 Å². The lowest BCUT2D eigenvalue weighted by Gasteiger charge is -2.22. The normalized spacial score (nSPS) is 12.2. The number of rotatable bonds is 14. The van der Waals surface area contributed by atoms with Crippen molar-refractivity contribution in [3.05, 3.63) is 164 Å². The summed E-state index contributed by atoms with van der Waals surface area (Å²) in [6, 6.07) is 32.6. The van der Waals surface area contributed by atoms with Crippen LogP contribution in [0.4, 0.5) is 11.4 Å². The number of carbonyl (C=O) groups excluding carboxylic acids is 4. The Hall–Kier alpha value is -9.51. The first-order valence-electron chi connectivity index (χ1n) is 25.5. The molecule has 2 amide bonds. The lowest BCUT2D eigenvalue weighted by Crippen LogP contribution is -2.26. The monoisotopic (exact) mass is 1060 g/mol. The van der Waals surface area contributed by atoms with Crippen LogP contribution in [-0.2, 0) is 28.7 Å². The second kappa shape index (κ2) is 24.2. The fraction of sp³-hybridized carbons (Fsp3) is 0.254. The molecule has 5 aromatic heterocycles. The SMILES string of the molecule is C=CC(=O)N(C)c1cccc(-c2cnc3c(c2)c(-c2cccc(C#N)c2)cn3C(C)OC(=O)C(C)(C)C)c1.CC(OC(=O)C(C)(C)C)n1cc(-c2cccc(C#N)c2)c2cc(-c3cncc(NC(=O)/C=C/CN(C)C)c3)cnc21. The number of aromatic nitrogens is 5. The van der Waals surface area contributed by atoms with Gasteiger partial charge in [-0.05, 0) is 147 Å². The van der Waals surface area contributed by atoms with E-state index in [1.807, 2.05) is 168 Å². The third-order valence-electron chi connectivity index (χ3n) is 12.7.